The number of rotatable bonds is 18. The largest absolute Gasteiger partial charge is 0.497 e. The van der Waals surface area contributed by atoms with Gasteiger partial charge in [-0.1, -0.05) is 41.5 Å². The highest BCUT2D eigenvalue weighted by Crippen LogP contribution is 2.26. The maximum Gasteiger partial charge on any atom is 0.497 e. The topological polar surface area (TPSA) is 46.2 Å². The molecular formula is C18H38O5Si2. The molecule has 25 heavy (non-hydrogen) atoms. The molecule has 0 aromatic rings. The molecule has 5 nitrogen and oxygen atoms in total. The van der Waals surface area contributed by atoms with Gasteiger partial charge < -0.3 is 21.8 Å². The first-order chi connectivity index (χ1) is 12.1. The van der Waals surface area contributed by atoms with Gasteiger partial charge in [0.15, 0.2) is 0 Å². The molecular weight excluding hydrogens is 352 g/mol. The molecule has 0 atom stereocenters. The van der Waals surface area contributed by atoms with Crippen LogP contribution in [-0.2, 0) is 21.8 Å². The van der Waals surface area contributed by atoms with Crippen LogP contribution < -0.4 is 0 Å². The molecule has 0 aliphatic heterocycles. The van der Waals surface area contributed by atoms with Crippen molar-refractivity contribution in [2.24, 2.45) is 0 Å². The molecule has 0 aromatic carbocycles. The standard InChI is InChI=1S/C18H38O5Si2/c1-7-13-19-24(17-11-5,20-14-8-2)23-25(18-12-6,21-15-9-3)22-16-10-4/h17-18H,5-16H2,1-4H3. The molecule has 0 saturated heterocycles. The van der Waals surface area contributed by atoms with Crippen molar-refractivity contribution in [1.29, 1.82) is 0 Å². The Morgan fingerprint density at radius 3 is 1.08 bits per heavy atom. The first-order valence-corrected chi connectivity index (χ1v) is 13.2. The van der Waals surface area contributed by atoms with Crippen molar-refractivity contribution in [3.8, 4) is 0 Å². The van der Waals surface area contributed by atoms with Crippen molar-refractivity contribution in [2.45, 2.75) is 66.2 Å². The molecule has 0 aliphatic rings. The van der Waals surface area contributed by atoms with Crippen molar-refractivity contribution in [3.63, 3.8) is 0 Å². The molecule has 0 unspecified atom stereocenters. The van der Waals surface area contributed by atoms with Crippen molar-refractivity contribution in [1.82, 2.24) is 0 Å². The van der Waals surface area contributed by atoms with Crippen LogP contribution in [0.2, 0.25) is 0 Å². The van der Waals surface area contributed by atoms with Gasteiger partial charge >= 0.3 is 17.6 Å². The first-order valence-electron chi connectivity index (χ1n) is 9.60. The minimum atomic E-state index is -3.04. The number of hydrogen-bond acceptors (Lipinski definition) is 5. The van der Waals surface area contributed by atoms with Crippen LogP contribution in [0.25, 0.3) is 0 Å². The highest BCUT2D eigenvalue weighted by molar-refractivity contribution is 6.78. The summed E-state index contributed by atoms with van der Waals surface area (Å²) in [5.74, 6) is 0. The van der Waals surface area contributed by atoms with E-state index in [-0.39, 0.29) is 0 Å². The van der Waals surface area contributed by atoms with Crippen LogP contribution in [0.1, 0.15) is 66.2 Å². The predicted octanol–water partition coefficient (Wildman–Crippen LogP) is 4.52. The van der Waals surface area contributed by atoms with Gasteiger partial charge in [0, 0.05) is 38.5 Å². The van der Waals surface area contributed by atoms with Gasteiger partial charge in [0.05, 0.1) is 0 Å². The Hall–Kier alpha value is 0.234. The first kappa shape index (κ1) is 25.2. The van der Waals surface area contributed by atoms with Gasteiger partial charge in [-0.15, -0.1) is 0 Å². The molecule has 7 heteroatoms. The monoisotopic (exact) mass is 390 g/mol. The van der Waals surface area contributed by atoms with E-state index >= 15 is 0 Å². The Morgan fingerprint density at radius 2 is 0.880 bits per heavy atom. The molecule has 0 N–H and O–H groups in total. The second kappa shape index (κ2) is 15.3. The fourth-order valence-corrected chi connectivity index (χ4v) is 8.54. The molecule has 4 radical (unpaired) electrons. The molecule has 0 aromatic heterocycles. The maximum atomic E-state index is 6.51. The Balaban J connectivity index is 5.52. The van der Waals surface area contributed by atoms with Gasteiger partial charge in [0.25, 0.3) is 0 Å². The van der Waals surface area contributed by atoms with Crippen LogP contribution in [0.15, 0.2) is 0 Å². The lowest BCUT2D eigenvalue weighted by Gasteiger charge is -2.38. The Labute approximate surface area is 158 Å². The van der Waals surface area contributed by atoms with Gasteiger partial charge in [-0.2, -0.15) is 0 Å². The normalized spacial score (nSPS) is 12.7. The van der Waals surface area contributed by atoms with E-state index in [1.54, 1.807) is 0 Å². The van der Waals surface area contributed by atoms with Crippen LogP contribution in [0.4, 0.5) is 0 Å². The Kier molecular flexibility index (Phi) is 15.5. The Bertz CT molecular complexity index is 261. The Morgan fingerprint density at radius 1 is 0.600 bits per heavy atom. The molecule has 148 valence electrons. The third-order valence-electron chi connectivity index (χ3n) is 3.10. The molecule has 0 bridgehead atoms. The summed E-state index contributed by atoms with van der Waals surface area (Å²) in [7, 11) is -6.09. The van der Waals surface area contributed by atoms with Crippen LogP contribution >= 0.6 is 0 Å². The summed E-state index contributed by atoms with van der Waals surface area (Å²) in [6, 6.07) is 3.89. The summed E-state index contributed by atoms with van der Waals surface area (Å²) in [6.07, 6.45) is 4.68. The van der Waals surface area contributed by atoms with Gasteiger partial charge in [-0.3, -0.25) is 0 Å². The summed E-state index contributed by atoms with van der Waals surface area (Å²) in [4.78, 5) is 0. The number of hydrogen-bond donors (Lipinski definition) is 0. The minimum absolute atomic E-state index is 0.566. The molecule has 0 heterocycles. The fraction of sp³-hybridized carbons (Fsp3) is 0.778. The molecule has 0 amide bonds. The van der Waals surface area contributed by atoms with Crippen molar-refractivity contribution in [2.75, 3.05) is 26.4 Å². The van der Waals surface area contributed by atoms with E-state index in [4.69, 9.17) is 21.8 Å². The quantitative estimate of drug-likeness (QED) is 0.322. The zero-order valence-electron chi connectivity index (χ0n) is 16.7. The van der Waals surface area contributed by atoms with Crippen LogP contribution in [-0.4, -0.2) is 44.0 Å². The molecule has 0 saturated carbocycles. The molecule has 0 spiro atoms. The lowest BCUT2D eigenvalue weighted by molar-refractivity contribution is 0.0497. The second-order valence-electron chi connectivity index (χ2n) is 5.69. The van der Waals surface area contributed by atoms with Crippen LogP contribution in [0.5, 0.6) is 0 Å². The molecule has 0 fully saturated rings. The van der Waals surface area contributed by atoms with E-state index in [9.17, 15) is 0 Å². The average molecular weight is 391 g/mol. The third-order valence-corrected chi connectivity index (χ3v) is 9.38. The van der Waals surface area contributed by atoms with Crippen LogP contribution in [0.3, 0.4) is 0 Å². The average Bonchev–Trinajstić information content (AvgIpc) is 2.61. The zero-order chi connectivity index (χ0) is 19.0. The third kappa shape index (κ3) is 10.2. The lowest BCUT2D eigenvalue weighted by atomic mass is 10.5. The minimum Gasteiger partial charge on any atom is -0.374 e. The van der Waals surface area contributed by atoms with Gasteiger partial charge in [-0.05, 0) is 38.5 Å². The highest BCUT2D eigenvalue weighted by atomic mass is 28.5. The summed E-state index contributed by atoms with van der Waals surface area (Å²) in [6.45, 7) is 18.4. The zero-order valence-corrected chi connectivity index (χ0v) is 18.7. The highest BCUT2D eigenvalue weighted by Gasteiger charge is 2.53. The van der Waals surface area contributed by atoms with E-state index in [0.717, 1.165) is 25.7 Å². The van der Waals surface area contributed by atoms with Gasteiger partial charge in [0.2, 0.25) is 0 Å². The van der Waals surface area contributed by atoms with Crippen molar-refractivity contribution in [3.05, 3.63) is 25.9 Å². The fourth-order valence-electron chi connectivity index (χ4n) is 2.05. The van der Waals surface area contributed by atoms with E-state index in [2.05, 4.69) is 41.5 Å². The predicted molar refractivity (Wildman–Crippen MR) is 106 cm³/mol. The molecule has 0 rings (SSSR count). The van der Waals surface area contributed by atoms with Gasteiger partial charge in [0.1, 0.15) is 0 Å². The van der Waals surface area contributed by atoms with E-state index in [1.807, 2.05) is 12.1 Å². The van der Waals surface area contributed by atoms with Crippen LogP contribution in [0, 0.1) is 25.9 Å². The van der Waals surface area contributed by atoms with E-state index in [1.165, 1.54) is 0 Å². The lowest BCUT2D eigenvalue weighted by Crippen LogP contribution is -2.60. The summed E-state index contributed by atoms with van der Waals surface area (Å²) in [5, 5.41) is 0. The smallest absolute Gasteiger partial charge is 0.374 e. The van der Waals surface area contributed by atoms with Gasteiger partial charge in [-0.25, -0.2) is 0 Å². The van der Waals surface area contributed by atoms with E-state index < -0.39 is 17.6 Å². The van der Waals surface area contributed by atoms with Crippen molar-refractivity contribution < 1.29 is 21.8 Å². The summed E-state index contributed by atoms with van der Waals surface area (Å²) in [5.41, 5.74) is 0. The van der Waals surface area contributed by atoms with E-state index in [0.29, 0.717) is 39.3 Å². The summed E-state index contributed by atoms with van der Waals surface area (Å²) < 4.78 is 31.0. The summed E-state index contributed by atoms with van der Waals surface area (Å²) >= 11 is 0. The maximum absolute atomic E-state index is 6.51. The van der Waals surface area contributed by atoms with Crippen molar-refractivity contribution >= 4 is 17.6 Å². The second-order valence-corrected chi connectivity index (χ2v) is 10.9. The SMILES string of the molecule is [CH2]C[CH][Si](OCCC)(OCCC)O[Si]([CH]C[CH2])(OCCC)OCCC. The molecule has 0 aliphatic carbocycles.